The summed E-state index contributed by atoms with van der Waals surface area (Å²) in [6.45, 7) is 6.23. The molecule has 1 atom stereocenters. The maximum Gasteiger partial charge on any atom is 0.0538 e. The molecule has 0 aliphatic carbocycles. The summed E-state index contributed by atoms with van der Waals surface area (Å²) in [6.07, 6.45) is 5.34. The van der Waals surface area contributed by atoms with Crippen molar-refractivity contribution in [2.75, 3.05) is 38.3 Å². The van der Waals surface area contributed by atoms with E-state index in [2.05, 4.69) is 23.1 Å². The van der Waals surface area contributed by atoms with E-state index in [9.17, 15) is 0 Å². The lowest BCUT2D eigenvalue weighted by molar-refractivity contribution is 0.157. The van der Waals surface area contributed by atoms with E-state index in [0.717, 1.165) is 26.1 Å². The smallest absolute Gasteiger partial charge is 0.0538 e. The van der Waals surface area contributed by atoms with Gasteiger partial charge in [-0.05, 0) is 13.3 Å². The van der Waals surface area contributed by atoms with E-state index in [1.54, 1.807) is 7.11 Å². The Morgan fingerprint density at radius 2 is 2.44 bits per heavy atom. The third kappa shape index (κ3) is 3.49. The first-order valence-electron chi connectivity index (χ1n) is 6.68. The van der Waals surface area contributed by atoms with Crippen LogP contribution in [-0.4, -0.2) is 53.0 Å². The second-order valence-electron chi connectivity index (χ2n) is 4.60. The van der Waals surface area contributed by atoms with Crippen molar-refractivity contribution in [2.45, 2.75) is 25.9 Å². The van der Waals surface area contributed by atoms with Crippen LogP contribution in [0.25, 0.3) is 0 Å². The highest BCUT2D eigenvalue weighted by Gasteiger charge is 2.24. The molecule has 18 heavy (non-hydrogen) atoms. The molecule has 1 aliphatic heterocycles. The Balaban J connectivity index is 1.98. The molecule has 1 fully saturated rings. The van der Waals surface area contributed by atoms with E-state index in [0.29, 0.717) is 6.04 Å². The lowest BCUT2D eigenvalue weighted by atomic mass is 10.1. The van der Waals surface area contributed by atoms with Gasteiger partial charge in [0.2, 0.25) is 0 Å². The first-order chi connectivity index (χ1) is 8.85. The molecule has 1 aromatic heterocycles. The van der Waals surface area contributed by atoms with Crippen LogP contribution in [0.2, 0.25) is 0 Å². The number of aryl methyl sites for hydroxylation is 1. The van der Waals surface area contributed by atoms with Crippen LogP contribution < -0.4 is 0 Å². The van der Waals surface area contributed by atoms with E-state index < -0.39 is 0 Å². The van der Waals surface area contributed by atoms with Gasteiger partial charge in [0.25, 0.3) is 0 Å². The van der Waals surface area contributed by atoms with Crippen molar-refractivity contribution in [3.63, 3.8) is 0 Å². The molecule has 0 radical (unpaired) electrons. The van der Waals surface area contributed by atoms with Crippen LogP contribution >= 0.6 is 11.8 Å². The highest BCUT2D eigenvalue weighted by atomic mass is 32.2. The van der Waals surface area contributed by atoms with Gasteiger partial charge in [0.15, 0.2) is 0 Å². The van der Waals surface area contributed by atoms with E-state index in [1.807, 2.05) is 22.6 Å². The van der Waals surface area contributed by atoms with Crippen molar-refractivity contribution >= 4 is 11.8 Å². The normalized spacial score (nSPS) is 21.3. The summed E-state index contributed by atoms with van der Waals surface area (Å²) in [5.74, 6) is 2.42. The Morgan fingerprint density at radius 3 is 3.17 bits per heavy atom. The Hall–Kier alpha value is -0.520. The van der Waals surface area contributed by atoms with E-state index in [-0.39, 0.29) is 0 Å². The Bertz CT molecular complexity index is 356. The molecule has 0 aromatic carbocycles. The molecular weight excluding hydrogens is 246 g/mol. The molecule has 1 aliphatic rings. The number of hydrogen-bond donors (Lipinski definition) is 0. The lowest BCUT2D eigenvalue weighted by Gasteiger charge is -2.34. The fourth-order valence-electron chi connectivity index (χ4n) is 2.35. The van der Waals surface area contributed by atoms with Gasteiger partial charge in [0.1, 0.15) is 0 Å². The lowest BCUT2D eigenvalue weighted by Crippen LogP contribution is -2.37. The monoisotopic (exact) mass is 269 g/mol. The first kappa shape index (κ1) is 13.9. The minimum atomic E-state index is 0.529. The predicted octanol–water partition coefficient (Wildman–Crippen LogP) is 2.03. The highest BCUT2D eigenvalue weighted by molar-refractivity contribution is 7.99. The summed E-state index contributed by atoms with van der Waals surface area (Å²) in [5.41, 5.74) is 1.36. The van der Waals surface area contributed by atoms with Crippen molar-refractivity contribution in [3.8, 4) is 0 Å². The van der Waals surface area contributed by atoms with Gasteiger partial charge >= 0.3 is 0 Å². The van der Waals surface area contributed by atoms with Crippen LogP contribution in [0.5, 0.6) is 0 Å². The maximum atomic E-state index is 5.15. The molecule has 0 spiro atoms. The number of hydrogen-bond acceptors (Lipinski definition) is 4. The molecule has 102 valence electrons. The van der Waals surface area contributed by atoms with Gasteiger partial charge < -0.3 is 4.74 Å². The van der Waals surface area contributed by atoms with E-state index in [1.165, 1.54) is 23.6 Å². The average molecular weight is 269 g/mol. The summed E-state index contributed by atoms with van der Waals surface area (Å²) in [6, 6.07) is 0.529. The van der Waals surface area contributed by atoms with Gasteiger partial charge in [-0.2, -0.15) is 16.9 Å². The highest BCUT2D eigenvalue weighted by Crippen LogP contribution is 2.29. The number of nitrogens with zero attached hydrogens (tertiary/aromatic N) is 3. The van der Waals surface area contributed by atoms with Crippen LogP contribution in [0.4, 0.5) is 0 Å². The molecule has 1 aromatic rings. The molecule has 1 unspecified atom stereocenters. The quantitative estimate of drug-likeness (QED) is 0.739. The molecule has 0 bridgehead atoms. The number of rotatable bonds is 6. The molecule has 0 saturated carbocycles. The molecule has 1 saturated heterocycles. The number of thioether (sulfide) groups is 1. The summed E-state index contributed by atoms with van der Waals surface area (Å²) in [5, 5.41) is 4.40. The summed E-state index contributed by atoms with van der Waals surface area (Å²) in [7, 11) is 1.77. The van der Waals surface area contributed by atoms with Crippen molar-refractivity contribution in [3.05, 3.63) is 18.0 Å². The van der Waals surface area contributed by atoms with Gasteiger partial charge in [-0.25, -0.2) is 0 Å². The molecular formula is C13H23N3OS. The maximum absolute atomic E-state index is 5.15. The Morgan fingerprint density at radius 1 is 1.56 bits per heavy atom. The van der Waals surface area contributed by atoms with Crippen molar-refractivity contribution < 1.29 is 4.74 Å². The number of ether oxygens (including phenoxy) is 1. The second-order valence-corrected chi connectivity index (χ2v) is 5.75. The van der Waals surface area contributed by atoms with Crippen molar-refractivity contribution in [1.82, 2.24) is 14.7 Å². The minimum Gasteiger partial charge on any atom is -0.385 e. The topological polar surface area (TPSA) is 30.3 Å². The first-order valence-corrected chi connectivity index (χ1v) is 7.83. The molecule has 2 rings (SSSR count). The third-order valence-corrected chi connectivity index (χ3v) is 4.42. The van der Waals surface area contributed by atoms with E-state index in [4.69, 9.17) is 4.74 Å². The predicted molar refractivity (Wildman–Crippen MR) is 76.0 cm³/mol. The largest absolute Gasteiger partial charge is 0.385 e. The molecule has 2 heterocycles. The van der Waals surface area contributed by atoms with E-state index >= 15 is 0 Å². The third-order valence-electron chi connectivity index (χ3n) is 3.40. The van der Waals surface area contributed by atoms with Crippen LogP contribution in [0.1, 0.15) is 24.9 Å². The summed E-state index contributed by atoms with van der Waals surface area (Å²) < 4.78 is 7.16. The molecule has 0 amide bonds. The molecule has 5 heteroatoms. The van der Waals surface area contributed by atoms with Gasteiger partial charge in [0, 0.05) is 62.7 Å². The van der Waals surface area contributed by atoms with Crippen LogP contribution in [0.15, 0.2) is 12.4 Å². The molecule has 4 nitrogen and oxygen atoms in total. The number of aromatic nitrogens is 2. The minimum absolute atomic E-state index is 0.529. The average Bonchev–Trinajstić information content (AvgIpc) is 2.88. The van der Waals surface area contributed by atoms with Gasteiger partial charge in [-0.3, -0.25) is 9.58 Å². The fourth-order valence-corrected chi connectivity index (χ4v) is 3.51. The van der Waals surface area contributed by atoms with Crippen molar-refractivity contribution in [1.29, 1.82) is 0 Å². The van der Waals surface area contributed by atoms with Crippen LogP contribution in [0, 0.1) is 0 Å². The SMILES string of the molecule is CCn1cc(C2CSCCN2CCCOC)cn1. The van der Waals surface area contributed by atoms with Crippen molar-refractivity contribution in [2.24, 2.45) is 0 Å². The zero-order valence-electron chi connectivity index (χ0n) is 11.3. The van der Waals surface area contributed by atoms with Gasteiger partial charge in [-0.15, -0.1) is 0 Å². The summed E-state index contributed by atoms with van der Waals surface area (Å²) in [4.78, 5) is 2.58. The zero-order chi connectivity index (χ0) is 12.8. The standard InChI is InChI=1S/C13H23N3OS/c1-3-16-10-12(9-14-16)13-11-18-8-6-15(13)5-4-7-17-2/h9-10,13H,3-8,11H2,1-2H3. The second kappa shape index (κ2) is 7.16. The zero-order valence-corrected chi connectivity index (χ0v) is 12.2. The van der Waals surface area contributed by atoms with Crippen LogP contribution in [0.3, 0.4) is 0 Å². The summed E-state index contributed by atoms with van der Waals surface area (Å²) >= 11 is 2.05. The van der Waals surface area contributed by atoms with Crippen LogP contribution in [-0.2, 0) is 11.3 Å². The molecule has 0 N–H and O–H groups in total. The van der Waals surface area contributed by atoms with Gasteiger partial charge in [0.05, 0.1) is 6.20 Å². The Kier molecular flexibility index (Phi) is 5.53. The number of methoxy groups -OCH3 is 1. The fraction of sp³-hybridized carbons (Fsp3) is 0.769. The van der Waals surface area contributed by atoms with Gasteiger partial charge in [-0.1, -0.05) is 0 Å². The Labute approximate surface area is 114 Å².